The SMILES string of the molecule is COc1cccc(OCC(O)CN(CCO)CCO)c1. The molecule has 0 amide bonds. The second-order valence-electron chi connectivity index (χ2n) is 4.39. The number of nitrogens with zero attached hydrogens (tertiary/aromatic N) is 1. The highest BCUT2D eigenvalue weighted by atomic mass is 16.5. The van der Waals surface area contributed by atoms with Crippen LogP contribution < -0.4 is 9.47 Å². The molecule has 0 heterocycles. The number of aliphatic hydroxyl groups excluding tert-OH is 3. The smallest absolute Gasteiger partial charge is 0.123 e. The van der Waals surface area contributed by atoms with E-state index in [2.05, 4.69) is 0 Å². The predicted molar refractivity (Wildman–Crippen MR) is 75.1 cm³/mol. The van der Waals surface area contributed by atoms with Gasteiger partial charge in [0.05, 0.1) is 20.3 Å². The Morgan fingerprint density at radius 1 is 1.15 bits per heavy atom. The van der Waals surface area contributed by atoms with Gasteiger partial charge in [-0.15, -0.1) is 0 Å². The summed E-state index contributed by atoms with van der Waals surface area (Å²) < 4.78 is 10.6. The second-order valence-corrected chi connectivity index (χ2v) is 4.39. The van der Waals surface area contributed by atoms with Crippen LogP contribution in [0.3, 0.4) is 0 Å². The van der Waals surface area contributed by atoms with Crippen LogP contribution in [0.1, 0.15) is 0 Å². The molecular weight excluding hydrogens is 262 g/mol. The maximum atomic E-state index is 9.90. The summed E-state index contributed by atoms with van der Waals surface area (Å²) in [5, 5.41) is 27.7. The van der Waals surface area contributed by atoms with Gasteiger partial charge in [-0.1, -0.05) is 6.07 Å². The fourth-order valence-electron chi connectivity index (χ4n) is 1.81. The minimum atomic E-state index is -0.695. The average Bonchev–Trinajstić information content (AvgIpc) is 2.46. The summed E-state index contributed by atoms with van der Waals surface area (Å²) in [6, 6.07) is 7.15. The molecule has 1 rings (SSSR count). The maximum absolute atomic E-state index is 9.90. The molecule has 1 atom stereocenters. The largest absolute Gasteiger partial charge is 0.497 e. The van der Waals surface area contributed by atoms with Crippen LogP contribution in [0.4, 0.5) is 0 Å². The molecule has 114 valence electrons. The fraction of sp³-hybridized carbons (Fsp3) is 0.571. The first-order valence-electron chi connectivity index (χ1n) is 6.58. The van der Waals surface area contributed by atoms with Crippen LogP contribution in [-0.4, -0.2) is 72.9 Å². The molecule has 0 radical (unpaired) electrons. The molecule has 0 aliphatic carbocycles. The third-order valence-corrected chi connectivity index (χ3v) is 2.78. The van der Waals surface area contributed by atoms with Gasteiger partial charge in [0.25, 0.3) is 0 Å². The van der Waals surface area contributed by atoms with Gasteiger partial charge in [0.1, 0.15) is 24.2 Å². The van der Waals surface area contributed by atoms with Gasteiger partial charge >= 0.3 is 0 Å². The summed E-state index contributed by atoms with van der Waals surface area (Å²) in [5.74, 6) is 1.32. The Labute approximate surface area is 119 Å². The highest BCUT2D eigenvalue weighted by Gasteiger charge is 2.12. The van der Waals surface area contributed by atoms with Crippen LogP contribution in [0.5, 0.6) is 11.5 Å². The summed E-state index contributed by atoms with van der Waals surface area (Å²) in [6.45, 7) is 1.28. The average molecular weight is 285 g/mol. The van der Waals surface area contributed by atoms with E-state index in [4.69, 9.17) is 19.7 Å². The lowest BCUT2D eigenvalue weighted by atomic mass is 10.3. The molecule has 0 bridgehead atoms. The van der Waals surface area contributed by atoms with Crippen LogP contribution in [0, 0.1) is 0 Å². The standard InChI is InChI=1S/C14H23NO5/c1-19-13-3-2-4-14(9-13)20-11-12(18)10-15(5-7-16)6-8-17/h2-4,9,12,16-18H,5-8,10-11H2,1H3. The van der Waals surface area contributed by atoms with E-state index in [-0.39, 0.29) is 19.8 Å². The van der Waals surface area contributed by atoms with Gasteiger partial charge in [-0.3, -0.25) is 4.90 Å². The highest BCUT2D eigenvalue weighted by molar-refractivity contribution is 5.32. The maximum Gasteiger partial charge on any atom is 0.123 e. The van der Waals surface area contributed by atoms with Gasteiger partial charge in [0.15, 0.2) is 0 Å². The normalized spacial score (nSPS) is 12.4. The van der Waals surface area contributed by atoms with Crippen LogP contribution in [-0.2, 0) is 0 Å². The van der Waals surface area contributed by atoms with Crippen LogP contribution in [0.15, 0.2) is 24.3 Å². The van der Waals surface area contributed by atoms with Gasteiger partial charge in [-0.05, 0) is 12.1 Å². The molecule has 1 aromatic rings. The lowest BCUT2D eigenvalue weighted by Gasteiger charge is -2.23. The number of methoxy groups -OCH3 is 1. The first-order valence-corrected chi connectivity index (χ1v) is 6.58. The molecule has 6 heteroatoms. The van der Waals surface area contributed by atoms with E-state index in [1.807, 2.05) is 12.1 Å². The Bertz CT molecular complexity index is 368. The Hall–Kier alpha value is -1.34. The summed E-state index contributed by atoms with van der Waals surface area (Å²) in [5.41, 5.74) is 0. The first-order chi connectivity index (χ1) is 9.69. The molecule has 0 fully saturated rings. The molecule has 1 unspecified atom stereocenters. The lowest BCUT2D eigenvalue weighted by Crippen LogP contribution is -2.38. The zero-order valence-electron chi connectivity index (χ0n) is 11.7. The van der Waals surface area contributed by atoms with E-state index < -0.39 is 6.10 Å². The minimum absolute atomic E-state index is 0.0105. The first kappa shape index (κ1) is 16.7. The highest BCUT2D eigenvalue weighted by Crippen LogP contribution is 2.18. The quantitative estimate of drug-likeness (QED) is 0.548. The Balaban J connectivity index is 2.39. The van der Waals surface area contributed by atoms with Crippen molar-refractivity contribution in [3.63, 3.8) is 0 Å². The van der Waals surface area contributed by atoms with Crippen LogP contribution >= 0.6 is 0 Å². The molecule has 0 saturated carbocycles. The molecule has 20 heavy (non-hydrogen) atoms. The predicted octanol–water partition coefficient (Wildman–Crippen LogP) is -0.279. The van der Waals surface area contributed by atoms with Crippen molar-refractivity contribution in [1.29, 1.82) is 0 Å². The van der Waals surface area contributed by atoms with Crippen LogP contribution in [0.25, 0.3) is 0 Å². The lowest BCUT2D eigenvalue weighted by molar-refractivity contribution is 0.0551. The third-order valence-electron chi connectivity index (χ3n) is 2.78. The number of hydrogen-bond donors (Lipinski definition) is 3. The van der Waals surface area contributed by atoms with Gasteiger partial charge in [0, 0.05) is 25.7 Å². The van der Waals surface area contributed by atoms with E-state index in [1.54, 1.807) is 24.1 Å². The third kappa shape index (κ3) is 6.21. The second kappa shape index (κ2) is 9.55. The van der Waals surface area contributed by atoms with E-state index in [9.17, 15) is 5.11 Å². The monoisotopic (exact) mass is 285 g/mol. The molecule has 0 aliphatic rings. The van der Waals surface area contributed by atoms with Crippen molar-refractivity contribution in [2.45, 2.75) is 6.10 Å². The van der Waals surface area contributed by atoms with E-state index in [1.165, 1.54) is 0 Å². The Morgan fingerprint density at radius 2 is 1.80 bits per heavy atom. The van der Waals surface area contributed by atoms with Crippen molar-refractivity contribution in [3.05, 3.63) is 24.3 Å². The van der Waals surface area contributed by atoms with E-state index >= 15 is 0 Å². The molecular formula is C14H23NO5. The summed E-state index contributed by atoms with van der Waals surface area (Å²) in [6.07, 6.45) is -0.695. The zero-order valence-corrected chi connectivity index (χ0v) is 11.7. The van der Waals surface area contributed by atoms with Crippen molar-refractivity contribution >= 4 is 0 Å². The summed E-state index contributed by atoms with van der Waals surface area (Å²) in [7, 11) is 1.58. The van der Waals surface area contributed by atoms with Gasteiger partial charge < -0.3 is 24.8 Å². The molecule has 0 spiro atoms. The minimum Gasteiger partial charge on any atom is -0.497 e. The van der Waals surface area contributed by atoms with Crippen molar-refractivity contribution < 1.29 is 24.8 Å². The van der Waals surface area contributed by atoms with Crippen molar-refractivity contribution in [2.75, 3.05) is 46.6 Å². The van der Waals surface area contributed by atoms with Crippen molar-refractivity contribution in [2.24, 2.45) is 0 Å². The zero-order chi connectivity index (χ0) is 14.8. The molecule has 6 nitrogen and oxygen atoms in total. The molecule has 0 saturated heterocycles. The van der Waals surface area contributed by atoms with E-state index in [0.29, 0.717) is 31.1 Å². The molecule has 1 aromatic carbocycles. The number of aliphatic hydroxyl groups is 3. The van der Waals surface area contributed by atoms with Crippen molar-refractivity contribution in [3.8, 4) is 11.5 Å². The number of ether oxygens (including phenoxy) is 2. The summed E-state index contributed by atoms with van der Waals surface area (Å²) >= 11 is 0. The Morgan fingerprint density at radius 3 is 2.40 bits per heavy atom. The van der Waals surface area contributed by atoms with Gasteiger partial charge in [0.2, 0.25) is 0 Å². The molecule has 3 N–H and O–H groups in total. The summed E-state index contributed by atoms with van der Waals surface area (Å²) in [4.78, 5) is 1.78. The topological polar surface area (TPSA) is 82.4 Å². The fourth-order valence-corrected chi connectivity index (χ4v) is 1.81. The molecule has 0 aliphatic heterocycles. The number of benzene rings is 1. The van der Waals surface area contributed by atoms with E-state index in [0.717, 1.165) is 0 Å². The van der Waals surface area contributed by atoms with Gasteiger partial charge in [-0.25, -0.2) is 0 Å². The van der Waals surface area contributed by atoms with Crippen molar-refractivity contribution in [1.82, 2.24) is 4.90 Å². The Kier molecular flexibility index (Phi) is 7.98. The van der Waals surface area contributed by atoms with Gasteiger partial charge in [-0.2, -0.15) is 0 Å². The number of rotatable bonds is 10. The van der Waals surface area contributed by atoms with Crippen LogP contribution in [0.2, 0.25) is 0 Å². The number of hydrogen-bond acceptors (Lipinski definition) is 6. The molecule has 0 aromatic heterocycles.